The van der Waals surface area contributed by atoms with Crippen molar-refractivity contribution < 1.29 is 18.0 Å². The van der Waals surface area contributed by atoms with Gasteiger partial charge in [0.15, 0.2) is 0 Å². The molecule has 0 spiro atoms. The first-order valence-electron chi connectivity index (χ1n) is 14.7. The van der Waals surface area contributed by atoms with E-state index in [4.69, 9.17) is 23.2 Å². The van der Waals surface area contributed by atoms with Gasteiger partial charge in [-0.2, -0.15) is 0 Å². The van der Waals surface area contributed by atoms with Gasteiger partial charge in [-0.05, 0) is 62.9 Å². The SMILES string of the molecule is CCC(C(=O)NC1CCCCC1)N(Cc1cccc(C)c1)C(=O)CN(c1cccc(Cl)c1Cl)S(=O)(=O)c1ccc(C)cc1. The molecule has 0 heterocycles. The highest BCUT2D eigenvalue weighted by Gasteiger charge is 2.35. The molecule has 1 aliphatic rings. The number of hydrogen-bond donors (Lipinski definition) is 1. The van der Waals surface area contributed by atoms with Gasteiger partial charge in [-0.15, -0.1) is 0 Å². The fraction of sp³-hybridized carbons (Fsp3) is 0.394. The number of hydrogen-bond acceptors (Lipinski definition) is 4. The Bertz CT molecular complexity index is 1540. The van der Waals surface area contributed by atoms with Gasteiger partial charge in [0, 0.05) is 12.6 Å². The largest absolute Gasteiger partial charge is 0.352 e. The Balaban J connectivity index is 1.74. The number of amides is 2. The molecular weight excluding hydrogens is 605 g/mol. The average molecular weight is 645 g/mol. The second-order valence-electron chi connectivity index (χ2n) is 11.2. The molecule has 0 radical (unpaired) electrons. The van der Waals surface area contributed by atoms with Crippen molar-refractivity contribution in [1.82, 2.24) is 10.2 Å². The lowest BCUT2D eigenvalue weighted by Crippen LogP contribution is -2.54. The van der Waals surface area contributed by atoms with E-state index in [0.29, 0.717) is 6.42 Å². The van der Waals surface area contributed by atoms with Crippen molar-refractivity contribution in [3.63, 3.8) is 0 Å². The maximum atomic E-state index is 14.3. The van der Waals surface area contributed by atoms with Gasteiger partial charge < -0.3 is 10.2 Å². The van der Waals surface area contributed by atoms with Crippen LogP contribution in [-0.2, 0) is 26.2 Å². The normalized spacial score (nSPS) is 14.6. The third-order valence-electron chi connectivity index (χ3n) is 7.86. The van der Waals surface area contributed by atoms with Crippen molar-refractivity contribution in [2.45, 2.75) is 82.8 Å². The number of anilines is 1. The van der Waals surface area contributed by atoms with Crippen LogP contribution >= 0.6 is 23.2 Å². The molecule has 1 saturated carbocycles. The lowest BCUT2D eigenvalue weighted by atomic mass is 9.95. The van der Waals surface area contributed by atoms with Crippen LogP contribution in [0.3, 0.4) is 0 Å². The van der Waals surface area contributed by atoms with Gasteiger partial charge in [-0.25, -0.2) is 8.42 Å². The number of nitrogens with zero attached hydrogens (tertiary/aromatic N) is 2. The second kappa shape index (κ2) is 14.6. The van der Waals surface area contributed by atoms with E-state index in [1.165, 1.54) is 23.1 Å². The highest BCUT2D eigenvalue weighted by molar-refractivity contribution is 7.92. The minimum Gasteiger partial charge on any atom is -0.352 e. The molecular formula is C33H39Cl2N3O4S. The monoisotopic (exact) mass is 643 g/mol. The van der Waals surface area contributed by atoms with Crippen molar-refractivity contribution >= 4 is 50.7 Å². The summed E-state index contributed by atoms with van der Waals surface area (Å²) in [5.41, 5.74) is 2.82. The van der Waals surface area contributed by atoms with Crippen LogP contribution in [0.1, 0.15) is 62.1 Å². The summed E-state index contributed by atoms with van der Waals surface area (Å²) in [6, 6.07) is 18.0. The standard InChI is InChI=1S/C33H39Cl2N3O4S/c1-4-29(33(40)36-26-12-6-5-7-13-26)37(21-25-11-8-10-24(3)20-25)31(39)22-38(30-15-9-14-28(34)32(30)35)43(41,42)27-18-16-23(2)17-19-27/h8-11,14-20,26,29H,4-7,12-13,21-22H2,1-3H3,(H,36,40). The zero-order valence-corrected chi connectivity index (χ0v) is 27.2. The van der Waals surface area contributed by atoms with Gasteiger partial charge >= 0.3 is 0 Å². The zero-order chi connectivity index (χ0) is 31.1. The van der Waals surface area contributed by atoms with E-state index in [1.807, 2.05) is 45.0 Å². The van der Waals surface area contributed by atoms with E-state index in [-0.39, 0.29) is 39.1 Å². The summed E-state index contributed by atoms with van der Waals surface area (Å²) >= 11 is 12.8. The minimum atomic E-state index is -4.25. The van der Waals surface area contributed by atoms with Gasteiger partial charge in [0.25, 0.3) is 10.0 Å². The molecule has 0 saturated heterocycles. The van der Waals surface area contributed by atoms with Crippen LogP contribution in [0.2, 0.25) is 10.0 Å². The van der Waals surface area contributed by atoms with Crippen molar-refractivity contribution in [2.24, 2.45) is 0 Å². The summed E-state index contributed by atoms with van der Waals surface area (Å²) in [6.07, 6.45) is 5.44. The molecule has 230 valence electrons. The molecule has 0 bridgehead atoms. The summed E-state index contributed by atoms with van der Waals surface area (Å²) in [7, 11) is -4.25. The maximum absolute atomic E-state index is 14.3. The first kappa shape index (κ1) is 32.8. The summed E-state index contributed by atoms with van der Waals surface area (Å²) < 4.78 is 29.1. The van der Waals surface area contributed by atoms with Crippen LogP contribution in [0.5, 0.6) is 0 Å². The number of halogens is 2. The quantitative estimate of drug-likeness (QED) is 0.242. The maximum Gasteiger partial charge on any atom is 0.264 e. The number of sulfonamides is 1. The Hall–Kier alpha value is -3.07. The summed E-state index contributed by atoms with van der Waals surface area (Å²) in [5.74, 6) is -0.761. The number of aryl methyl sites for hydroxylation is 2. The van der Waals surface area contributed by atoms with Gasteiger partial charge in [0.2, 0.25) is 11.8 Å². The van der Waals surface area contributed by atoms with Crippen LogP contribution in [0.15, 0.2) is 71.6 Å². The molecule has 0 aromatic heterocycles. The molecule has 1 unspecified atom stereocenters. The van der Waals surface area contributed by atoms with Crippen LogP contribution in [0.4, 0.5) is 5.69 Å². The van der Waals surface area contributed by atoms with Gasteiger partial charge in [0.1, 0.15) is 12.6 Å². The lowest BCUT2D eigenvalue weighted by Gasteiger charge is -2.34. The molecule has 1 N–H and O–H groups in total. The lowest BCUT2D eigenvalue weighted by molar-refractivity contribution is -0.140. The summed E-state index contributed by atoms with van der Waals surface area (Å²) in [4.78, 5) is 29.5. The molecule has 10 heteroatoms. The van der Waals surface area contributed by atoms with E-state index in [1.54, 1.807) is 24.3 Å². The van der Waals surface area contributed by atoms with Gasteiger partial charge in [0.05, 0.1) is 20.6 Å². The Morgan fingerprint density at radius 2 is 1.60 bits per heavy atom. The molecule has 2 amide bonds. The Kier molecular flexibility index (Phi) is 11.2. The number of nitrogens with one attached hydrogen (secondary N) is 1. The topological polar surface area (TPSA) is 86.8 Å². The fourth-order valence-electron chi connectivity index (χ4n) is 5.51. The molecule has 0 aliphatic heterocycles. The van der Waals surface area contributed by atoms with Crippen LogP contribution < -0.4 is 9.62 Å². The molecule has 7 nitrogen and oxygen atoms in total. The fourth-order valence-corrected chi connectivity index (χ4v) is 7.38. The Morgan fingerprint density at radius 3 is 2.26 bits per heavy atom. The minimum absolute atomic E-state index is 0.00857. The summed E-state index contributed by atoms with van der Waals surface area (Å²) in [5, 5.41) is 3.33. The third-order valence-corrected chi connectivity index (χ3v) is 10.4. The van der Waals surface area contributed by atoms with Crippen molar-refractivity contribution in [1.29, 1.82) is 0 Å². The molecule has 43 heavy (non-hydrogen) atoms. The van der Waals surface area contributed by atoms with Crippen molar-refractivity contribution in [2.75, 3.05) is 10.8 Å². The number of rotatable bonds is 11. The van der Waals surface area contributed by atoms with E-state index < -0.39 is 28.5 Å². The molecule has 3 aromatic carbocycles. The van der Waals surface area contributed by atoms with Crippen LogP contribution in [0.25, 0.3) is 0 Å². The van der Waals surface area contributed by atoms with Gasteiger partial charge in [-0.1, -0.05) is 103 Å². The Morgan fingerprint density at radius 1 is 0.930 bits per heavy atom. The molecule has 4 rings (SSSR count). The van der Waals surface area contributed by atoms with E-state index in [2.05, 4.69) is 5.32 Å². The molecule has 1 aliphatic carbocycles. The average Bonchev–Trinajstić information content (AvgIpc) is 2.98. The second-order valence-corrected chi connectivity index (χ2v) is 13.8. The first-order valence-corrected chi connectivity index (χ1v) is 16.9. The van der Waals surface area contributed by atoms with Crippen LogP contribution in [0, 0.1) is 13.8 Å². The predicted molar refractivity (Wildman–Crippen MR) is 173 cm³/mol. The predicted octanol–water partition coefficient (Wildman–Crippen LogP) is 7.06. The van der Waals surface area contributed by atoms with Gasteiger partial charge in [-0.3, -0.25) is 13.9 Å². The van der Waals surface area contributed by atoms with E-state index in [9.17, 15) is 18.0 Å². The van der Waals surface area contributed by atoms with Crippen molar-refractivity contribution in [3.8, 4) is 0 Å². The van der Waals surface area contributed by atoms with Crippen molar-refractivity contribution in [3.05, 3.63) is 93.5 Å². The highest BCUT2D eigenvalue weighted by Crippen LogP contribution is 2.35. The number of benzene rings is 3. The molecule has 1 atom stereocenters. The molecule has 1 fully saturated rings. The molecule has 3 aromatic rings. The number of carbonyl (C=O) groups excluding carboxylic acids is 2. The van der Waals surface area contributed by atoms with E-state index in [0.717, 1.165) is 53.1 Å². The highest BCUT2D eigenvalue weighted by atomic mass is 35.5. The summed E-state index contributed by atoms with van der Waals surface area (Å²) in [6.45, 7) is 5.24. The third kappa shape index (κ3) is 8.11. The Labute approximate surface area is 265 Å². The number of carbonyl (C=O) groups is 2. The smallest absolute Gasteiger partial charge is 0.264 e. The first-order chi connectivity index (χ1) is 20.5. The van der Waals surface area contributed by atoms with Crippen LogP contribution in [-0.4, -0.2) is 43.8 Å². The zero-order valence-electron chi connectivity index (χ0n) is 24.9. The van der Waals surface area contributed by atoms with E-state index >= 15 is 0 Å².